The first-order chi connectivity index (χ1) is 6.35. The molecule has 0 bridgehead atoms. The van der Waals surface area contributed by atoms with Gasteiger partial charge in [0.05, 0.1) is 0 Å². The van der Waals surface area contributed by atoms with Crippen LogP contribution in [0.1, 0.15) is 0 Å². The first kappa shape index (κ1) is 7.68. The Balaban J connectivity index is 2.67. The minimum absolute atomic E-state index is 0.312. The lowest BCUT2D eigenvalue weighted by atomic mass is 10.5. The molecule has 0 fully saturated rings. The van der Waals surface area contributed by atoms with Crippen LogP contribution in [-0.4, -0.2) is 27.3 Å². The van der Waals surface area contributed by atoms with E-state index < -0.39 is 0 Å². The third kappa shape index (κ3) is 1.12. The predicted octanol–water partition coefficient (Wildman–Crippen LogP) is -0.660. The molecule has 0 unspecified atom stereocenters. The maximum Gasteiger partial charge on any atom is 0.245 e. The SMILES string of the molecule is CNc1nc2nonc2nc1NN. The number of aromatic nitrogens is 4. The van der Waals surface area contributed by atoms with Gasteiger partial charge in [0, 0.05) is 7.05 Å². The van der Waals surface area contributed by atoms with Crippen LogP contribution in [0.5, 0.6) is 0 Å². The molecule has 0 aliphatic carbocycles. The van der Waals surface area contributed by atoms with Crippen LogP contribution in [0.2, 0.25) is 0 Å². The van der Waals surface area contributed by atoms with Crippen molar-refractivity contribution in [3.63, 3.8) is 0 Å². The average Bonchev–Trinajstić information content (AvgIpc) is 2.62. The molecule has 0 aliphatic rings. The van der Waals surface area contributed by atoms with Crippen molar-refractivity contribution < 1.29 is 4.63 Å². The molecule has 0 amide bonds. The smallest absolute Gasteiger partial charge is 0.245 e. The lowest BCUT2D eigenvalue weighted by molar-refractivity contribution is 0.314. The Morgan fingerprint density at radius 2 is 1.77 bits per heavy atom. The molecule has 4 N–H and O–H groups in total. The van der Waals surface area contributed by atoms with Crippen LogP contribution in [0.15, 0.2) is 4.63 Å². The van der Waals surface area contributed by atoms with Gasteiger partial charge in [-0.05, 0) is 10.3 Å². The number of hydrogen-bond donors (Lipinski definition) is 3. The number of nitrogens with two attached hydrogens (primary N) is 1. The summed E-state index contributed by atoms with van der Waals surface area (Å²) in [5.41, 5.74) is 3.03. The van der Waals surface area contributed by atoms with E-state index in [1.807, 2.05) is 0 Å². The quantitative estimate of drug-likeness (QED) is 0.413. The van der Waals surface area contributed by atoms with E-state index in [4.69, 9.17) is 5.84 Å². The Morgan fingerprint density at radius 1 is 1.15 bits per heavy atom. The number of hydrogen-bond acceptors (Lipinski definition) is 8. The fourth-order valence-corrected chi connectivity index (χ4v) is 0.913. The van der Waals surface area contributed by atoms with Crippen molar-refractivity contribution in [2.24, 2.45) is 5.84 Å². The summed E-state index contributed by atoms with van der Waals surface area (Å²) >= 11 is 0. The molecule has 0 spiro atoms. The van der Waals surface area contributed by atoms with Crippen molar-refractivity contribution in [2.75, 3.05) is 17.8 Å². The molecular formula is C5H7N7O. The van der Waals surface area contributed by atoms with Crippen molar-refractivity contribution in [1.29, 1.82) is 0 Å². The van der Waals surface area contributed by atoms with Gasteiger partial charge in [-0.15, -0.1) is 0 Å². The average molecular weight is 181 g/mol. The first-order valence-electron chi connectivity index (χ1n) is 3.50. The molecule has 13 heavy (non-hydrogen) atoms. The molecule has 0 saturated heterocycles. The summed E-state index contributed by atoms with van der Waals surface area (Å²) in [5, 5.41) is 9.86. The van der Waals surface area contributed by atoms with E-state index in [0.29, 0.717) is 22.9 Å². The van der Waals surface area contributed by atoms with Crippen molar-refractivity contribution >= 4 is 22.9 Å². The Kier molecular flexibility index (Phi) is 1.67. The molecule has 2 aromatic rings. The zero-order valence-corrected chi connectivity index (χ0v) is 6.77. The van der Waals surface area contributed by atoms with E-state index in [9.17, 15) is 0 Å². The fourth-order valence-electron chi connectivity index (χ4n) is 0.913. The summed E-state index contributed by atoms with van der Waals surface area (Å²) in [4.78, 5) is 8.04. The van der Waals surface area contributed by atoms with Gasteiger partial charge in [-0.3, -0.25) is 0 Å². The van der Waals surface area contributed by atoms with E-state index in [-0.39, 0.29) is 0 Å². The van der Waals surface area contributed by atoms with E-state index in [2.05, 4.69) is 35.7 Å². The van der Waals surface area contributed by atoms with Crippen molar-refractivity contribution in [2.45, 2.75) is 0 Å². The Bertz CT molecular complexity index is 386. The topological polar surface area (TPSA) is 115 Å². The molecule has 0 aliphatic heterocycles. The zero-order valence-electron chi connectivity index (χ0n) is 6.77. The van der Waals surface area contributed by atoms with E-state index in [1.54, 1.807) is 7.05 Å². The highest BCUT2D eigenvalue weighted by Gasteiger charge is 2.09. The second-order valence-electron chi connectivity index (χ2n) is 2.23. The van der Waals surface area contributed by atoms with Crippen molar-refractivity contribution in [3.05, 3.63) is 0 Å². The molecule has 68 valence electrons. The van der Waals surface area contributed by atoms with Gasteiger partial charge in [0.2, 0.25) is 11.3 Å². The standard InChI is InChI=1S/C5H7N7O/c1-7-2-3(10-6)9-5-4(8-2)11-13-12-5/h6H2,1H3,(H,7,8,11)(H,9,10,12). The lowest BCUT2D eigenvalue weighted by Gasteiger charge is -2.03. The summed E-state index contributed by atoms with van der Waals surface area (Å²) in [7, 11) is 1.70. The monoisotopic (exact) mass is 181 g/mol. The van der Waals surface area contributed by atoms with Crippen LogP contribution in [0, 0.1) is 0 Å². The van der Waals surface area contributed by atoms with Gasteiger partial charge >= 0.3 is 0 Å². The second kappa shape index (κ2) is 2.83. The van der Waals surface area contributed by atoms with Crippen LogP contribution >= 0.6 is 0 Å². The number of rotatable bonds is 2. The molecule has 2 rings (SSSR count). The fraction of sp³-hybridized carbons (Fsp3) is 0.200. The van der Waals surface area contributed by atoms with Crippen LogP contribution in [-0.2, 0) is 0 Å². The molecule has 0 aromatic carbocycles. The molecular weight excluding hydrogens is 174 g/mol. The van der Waals surface area contributed by atoms with Gasteiger partial charge in [-0.1, -0.05) is 0 Å². The molecule has 2 heterocycles. The predicted molar refractivity (Wildman–Crippen MR) is 44.8 cm³/mol. The Labute approximate surface area is 72.5 Å². The molecule has 8 nitrogen and oxygen atoms in total. The lowest BCUT2D eigenvalue weighted by Crippen LogP contribution is -2.12. The van der Waals surface area contributed by atoms with Gasteiger partial charge in [-0.25, -0.2) is 15.5 Å². The van der Waals surface area contributed by atoms with Crippen LogP contribution in [0.4, 0.5) is 11.6 Å². The van der Waals surface area contributed by atoms with Crippen molar-refractivity contribution in [3.8, 4) is 0 Å². The normalized spacial score (nSPS) is 10.3. The maximum atomic E-state index is 5.21. The molecule has 8 heteroatoms. The van der Waals surface area contributed by atoms with Gasteiger partial charge in [0.25, 0.3) is 0 Å². The Hall–Kier alpha value is -1.96. The zero-order chi connectivity index (χ0) is 9.26. The van der Waals surface area contributed by atoms with Crippen LogP contribution in [0.25, 0.3) is 11.3 Å². The van der Waals surface area contributed by atoms with Gasteiger partial charge < -0.3 is 10.7 Å². The van der Waals surface area contributed by atoms with Gasteiger partial charge in [-0.2, -0.15) is 4.98 Å². The Morgan fingerprint density at radius 3 is 2.31 bits per heavy atom. The number of nitrogen functional groups attached to an aromatic ring is 1. The second-order valence-corrected chi connectivity index (χ2v) is 2.23. The summed E-state index contributed by atoms with van der Waals surface area (Å²) in [5.74, 6) is 6.10. The maximum absolute atomic E-state index is 5.21. The minimum Gasteiger partial charge on any atom is -0.370 e. The first-order valence-corrected chi connectivity index (χ1v) is 3.50. The highest BCUT2D eigenvalue weighted by atomic mass is 16.6. The van der Waals surface area contributed by atoms with Crippen LogP contribution in [0.3, 0.4) is 0 Å². The third-order valence-corrected chi connectivity index (χ3v) is 1.49. The minimum atomic E-state index is 0.312. The number of fused-ring (bicyclic) bond motifs is 1. The number of nitrogens with zero attached hydrogens (tertiary/aromatic N) is 4. The molecule has 0 atom stereocenters. The summed E-state index contributed by atoms with van der Waals surface area (Å²) < 4.78 is 4.44. The summed E-state index contributed by atoms with van der Waals surface area (Å²) in [6.07, 6.45) is 0. The largest absolute Gasteiger partial charge is 0.370 e. The number of anilines is 2. The number of nitrogens with one attached hydrogen (secondary N) is 2. The van der Waals surface area contributed by atoms with E-state index >= 15 is 0 Å². The van der Waals surface area contributed by atoms with Gasteiger partial charge in [0.1, 0.15) is 0 Å². The van der Waals surface area contributed by atoms with E-state index in [0.717, 1.165) is 0 Å². The third-order valence-electron chi connectivity index (χ3n) is 1.49. The number of hydrazine groups is 1. The molecule has 2 aromatic heterocycles. The summed E-state index contributed by atoms with van der Waals surface area (Å²) in [6, 6.07) is 0. The van der Waals surface area contributed by atoms with Gasteiger partial charge in [0.15, 0.2) is 11.6 Å². The highest BCUT2D eigenvalue weighted by molar-refractivity contribution is 5.72. The van der Waals surface area contributed by atoms with Crippen LogP contribution < -0.4 is 16.6 Å². The molecule has 0 saturated carbocycles. The molecule has 0 radical (unpaired) electrons. The summed E-state index contributed by atoms with van der Waals surface area (Å²) in [6.45, 7) is 0. The van der Waals surface area contributed by atoms with E-state index in [1.165, 1.54) is 0 Å². The highest BCUT2D eigenvalue weighted by Crippen LogP contribution is 2.16. The van der Waals surface area contributed by atoms with Crippen molar-refractivity contribution in [1.82, 2.24) is 20.3 Å².